The highest BCUT2D eigenvalue weighted by molar-refractivity contribution is 5.94. The van der Waals surface area contributed by atoms with Crippen molar-refractivity contribution in [3.63, 3.8) is 0 Å². The number of urea groups is 1. The number of anilines is 1. The molecule has 2 amide bonds. The predicted molar refractivity (Wildman–Crippen MR) is 113 cm³/mol. The summed E-state index contributed by atoms with van der Waals surface area (Å²) in [6.45, 7) is 4.82. The van der Waals surface area contributed by atoms with Gasteiger partial charge in [-0.25, -0.2) is 9.59 Å². The van der Waals surface area contributed by atoms with Crippen molar-refractivity contribution in [2.75, 3.05) is 18.5 Å². The van der Waals surface area contributed by atoms with Crippen LogP contribution in [0.25, 0.3) is 10.9 Å². The Hall–Kier alpha value is -3.28. The number of carbonyl (C=O) groups is 2. The second-order valence-corrected chi connectivity index (χ2v) is 7.16. The topological polar surface area (TPSA) is 74.4 Å². The molecule has 1 atom stereocenters. The van der Waals surface area contributed by atoms with Crippen molar-refractivity contribution >= 4 is 28.6 Å². The molecule has 1 unspecified atom stereocenters. The summed E-state index contributed by atoms with van der Waals surface area (Å²) >= 11 is 0. The Labute approximate surface area is 169 Å². The third-order valence-corrected chi connectivity index (χ3v) is 5.43. The van der Waals surface area contributed by atoms with E-state index in [1.54, 1.807) is 31.2 Å². The molecule has 2 aromatic carbocycles. The molecule has 0 radical (unpaired) electrons. The van der Waals surface area contributed by atoms with Crippen molar-refractivity contribution < 1.29 is 14.3 Å². The fourth-order valence-electron chi connectivity index (χ4n) is 4.12. The van der Waals surface area contributed by atoms with E-state index >= 15 is 0 Å². The van der Waals surface area contributed by atoms with Crippen LogP contribution < -0.4 is 5.32 Å². The highest BCUT2D eigenvalue weighted by atomic mass is 16.5. The molecule has 0 aliphatic carbocycles. The van der Waals surface area contributed by atoms with Gasteiger partial charge in [-0.05, 0) is 49.6 Å². The molecule has 0 saturated carbocycles. The first-order chi connectivity index (χ1) is 14.1. The van der Waals surface area contributed by atoms with Gasteiger partial charge < -0.3 is 19.9 Å². The van der Waals surface area contributed by atoms with Crippen LogP contribution in [-0.4, -0.2) is 35.0 Å². The van der Waals surface area contributed by atoms with Crippen LogP contribution in [0, 0.1) is 0 Å². The smallest absolute Gasteiger partial charge is 0.338 e. The number of amides is 2. The minimum Gasteiger partial charge on any atom is -0.462 e. The zero-order valence-corrected chi connectivity index (χ0v) is 16.7. The largest absolute Gasteiger partial charge is 0.462 e. The number of aromatic amines is 1. The Balaban J connectivity index is 1.56. The van der Waals surface area contributed by atoms with E-state index in [1.807, 2.05) is 17.0 Å². The molecule has 2 heterocycles. The Morgan fingerprint density at radius 3 is 2.79 bits per heavy atom. The van der Waals surface area contributed by atoms with Crippen LogP contribution in [0.5, 0.6) is 0 Å². The second-order valence-electron chi connectivity index (χ2n) is 7.16. The third-order valence-electron chi connectivity index (χ3n) is 5.43. The van der Waals surface area contributed by atoms with Gasteiger partial charge >= 0.3 is 12.0 Å². The number of nitrogens with zero attached hydrogens (tertiary/aromatic N) is 1. The van der Waals surface area contributed by atoms with E-state index in [1.165, 1.54) is 10.9 Å². The van der Waals surface area contributed by atoms with Crippen molar-refractivity contribution in [3.8, 4) is 0 Å². The van der Waals surface area contributed by atoms with Crippen molar-refractivity contribution in [2.45, 2.75) is 32.7 Å². The molecular weight excluding hydrogens is 366 g/mol. The lowest BCUT2D eigenvalue weighted by Gasteiger charge is -2.35. The number of hydrogen-bond donors (Lipinski definition) is 2. The molecule has 3 aromatic rings. The molecule has 29 heavy (non-hydrogen) atoms. The minimum atomic E-state index is -0.393. The van der Waals surface area contributed by atoms with Gasteiger partial charge in [0.1, 0.15) is 0 Å². The Morgan fingerprint density at radius 1 is 1.17 bits per heavy atom. The fraction of sp³-hybridized carbons (Fsp3) is 0.304. The second kappa shape index (κ2) is 7.99. The molecule has 0 bridgehead atoms. The number of hydrogen-bond acceptors (Lipinski definition) is 3. The van der Waals surface area contributed by atoms with Gasteiger partial charge in [-0.2, -0.15) is 0 Å². The van der Waals surface area contributed by atoms with Crippen molar-refractivity contribution in [1.29, 1.82) is 0 Å². The van der Waals surface area contributed by atoms with Crippen LogP contribution in [0.2, 0.25) is 0 Å². The summed E-state index contributed by atoms with van der Waals surface area (Å²) in [5.74, 6) is -0.393. The molecule has 2 N–H and O–H groups in total. The molecule has 0 fully saturated rings. The SMILES string of the molecule is CCOC(=O)c1cccc(NC(=O)N2CCc3c([nH]c4ccccc34)C2CC)c1. The summed E-state index contributed by atoms with van der Waals surface area (Å²) in [5, 5.41) is 4.18. The molecule has 6 heteroatoms. The van der Waals surface area contributed by atoms with Crippen LogP contribution in [0.15, 0.2) is 48.5 Å². The quantitative estimate of drug-likeness (QED) is 0.622. The minimum absolute atomic E-state index is 0.0145. The van der Waals surface area contributed by atoms with Gasteiger partial charge in [0.25, 0.3) is 0 Å². The Bertz CT molecular complexity index is 1060. The van der Waals surface area contributed by atoms with Gasteiger partial charge in [0.15, 0.2) is 0 Å². The van der Waals surface area contributed by atoms with Crippen molar-refractivity contribution in [1.82, 2.24) is 9.88 Å². The van der Waals surface area contributed by atoms with Crippen LogP contribution >= 0.6 is 0 Å². The van der Waals surface area contributed by atoms with E-state index in [2.05, 4.69) is 29.4 Å². The van der Waals surface area contributed by atoms with E-state index in [0.717, 1.165) is 24.1 Å². The number of carbonyl (C=O) groups excluding carboxylic acids is 2. The highest BCUT2D eigenvalue weighted by Gasteiger charge is 2.32. The first-order valence-corrected chi connectivity index (χ1v) is 10.1. The summed E-state index contributed by atoms with van der Waals surface area (Å²) in [5.41, 5.74) is 4.54. The molecular formula is C23H25N3O3. The summed E-state index contributed by atoms with van der Waals surface area (Å²) in [6, 6.07) is 14.9. The lowest BCUT2D eigenvalue weighted by molar-refractivity contribution is 0.0526. The number of para-hydroxylation sites is 1. The summed E-state index contributed by atoms with van der Waals surface area (Å²) in [6.07, 6.45) is 1.63. The van der Waals surface area contributed by atoms with E-state index in [4.69, 9.17) is 4.74 Å². The maximum absolute atomic E-state index is 13.1. The van der Waals surface area contributed by atoms with Crippen LogP contribution in [0.1, 0.15) is 47.9 Å². The zero-order chi connectivity index (χ0) is 20.4. The fourth-order valence-corrected chi connectivity index (χ4v) is 4.12. The molecule has 1 aromatic heterocycles. The molecule has 1 aliphatic rings. The molecule has 150 valence electrons. The number of nitrogens with one attached hydrogen (secondary N) is 2. The maximum atomic E-state index is 13.1. The standard InChI is InChI=1S/C23H25N3O3/c1-3-20-21-18(17-10-5-6-11-19(17)25-21)12-13-26(20)23(28)24-16-9-7-8-15(14-16)22(27)29-4-2/h5-11,14,20,25H,3-4,12-13H2,1-2H3,(H,24,28). The van der Waals surface area contributed by atoms with Crippen LogP contribution in [-0.2, 0) is 11.2 Å². The van der Waals surface area contributed by atoms with Gasteiger partial charge in [-0.15, -0.1) is 0 Å². The maximum Gasteiger partial charge on any atom is 0.338 e. The molecule has 6 nitrogen and oxygen atoms in total. The van der Waals surface area contributed by atoms with E-state index in [0.29, 0.717) is 24.4 Å². The molecule has 1 aliphatic heterocycles. The van der Waals surface area contributed by atoms with Crippen molar-refractivity contribution in [2.24, 2.45) is 0 Å². The van der Waals surface area contributed by atoms with E-state index < -0.39 is 5.97 Å². The summed E-state index contributed by atoms with van der Waals surface area (Å²) < 4.78 is 5.04. The average molecular weight is 391 g/mol. The van der Waals surface area contributed by atoms with Crippen molar-refractivity contribution in [3.05, 3.63) is 65.4 Å². The highest BCUT2D eigenvalue weighted by Crippen LogP contribution is 2.36. The van der Waals surface area contributed by atoms with Crippen LogP contribution in [0.4, 0.5) is 10.5 Å². The number of rotatable bonds is 4. The lowest BCUT2D eigenvalue weighted by atomic mass is 9.96. The van der Waals surface area contributed by atoms with Gasteiger partial charge in [0.05, 0.1) is 18.2 Å². The summed E-state index contributed by atoms with van der Waals surface area (Å²) in [4.78, 5) is 30.4. The average Bonchev–Trinajstić information content (AvgIpc) is 3.12. The van der Waals surface area contributed by atoms with Gasteiger partial charge in [0.2, 0.25) is 0 Å². The Kier molecular flexibility index (Phi) is 5.25. The number of fused-ring (bicyclic) bond motifs is 3. The summed E-state index contributed by atoms with van der Waals surface area (Å²) in [7, 11) is 0. The molecule has 0 saturated heterocycles. The number of H-pyrrole nitrogens is 1. The van der Waals surface area contributed by atoms with Gasteiger partial charge in [-0.1, -0.05) is 31.2 Å². The number of benzene rings is 2. The van der Waals surface area contributed by atoms with Gasteiger partial charge in [0, 0.05) is 28.8 Å². The molecule has 4 rings (SSSR count). The first-order valence-electron chi connectivity index (χ1n) is 10.1. The Morgan fingerprint density at radius 2 is 2.00 bits per heavy atom. The number of aromatic nitrogens is 1. The first kappa shape index (κ1) is 19.1. The van der Waals surface area contributed by atoms with Crippen LogP contribution in [0.3, 0.4) is 0 Å². The lowest BCUT2D eigenvalue weighted by Crippen LogP contribution is -2.42. The van der Waals surface area contributed by atoms with E-state index in [-0.39, 0.29) is 12.1 Å². The van der Waals surface area contributed by atoms with E-state index in [9.17, 15) is 9.59 Å². The monoisotopic (exact) mass is 391 g/mol. The zero-order valence-electron chi connectivity index (χ0n) is 16.7. The number of ether oxygens (including phenoxy) is 1. The molecule has 0 spiro atoms. The predicted octanol–water partition coefficient (Wildman–Crippen LogP) is 4.89. The number of esters is 1. The normalized spacial score (nSPS) is 15.8. The third kappa shape index (κ3) is 3.58. The van der Waals surface area contributed by atoms with Gasteiger partial charge in [-0.3, -0.25) is 0 Å².